The molecule has 3 aliphatic heterocycles. The summed E-state index contributed by atoms with van der Waals surface area (Å²) in [4.78, 5) is 117. The zero-order chi connectivity index (χ0) is 57.4. The molecular weight excluding hydrogens is 1020 g/mol. The molecular formula is C52H81N10O16+. The maximum atomic E-state index is 14.5. The van der Waals surface area contributed by atoms with E-state index in [4.69, 9.17) is 0 Å². The first-order valence-corrected chi connectivity index (χ1v) is 27.0. The van der Waals surface area contributed by atoms with Gasteiger partial charge in [-0.3, -0.25) is 43.9 Å². The van der Waals surface area contributed by atoms with Crippen molar-refractivity contribution in [3.8, 4) is 5.75 Å². The molecule has 0 saturated carbocycles. The summed E-state index contributed by atoms with van der Waals surface area (Å²) >= 11 is 0. The molecule has 9 amide bonds. The van der Waals surface area contributed by atoms with Crippen LogP contribution in [0.2, 0.25) is 0 Å². The van der Waals surface area contributed by atoms with Crippen LogP contribution >= 0.6 is 0 Å². The number of carbonyl (C=O) groups is 8. The zero-order valence-corrected chi connectivity index (χ0v) is 44.7. The molecule has 3 fully saturated rings. The van der Waals surface area contributed by atoms with Crippen molar-refractivity contribution < 1.29 is 83.8 Å². The molecule has 3 aliphatic rings. The standard InChI is InChI=1S/C52H80N10O16/c1-5-28(2)14-12-10-8-6-7-9-11-13-15-38(68)54-34-23-37(67)45(60-21-20-53-27-60)58-49(75)41-42(69)29(3)24-62(41)50(76)35(26-63)55-48(74)40(44(71)43(70)31-16-18-32(65)19-17-31)57-52(78)59-47(73)36-22-33(66)25-61(36)51(77)39(30(4)64)56-46(34)72/h16-21,27-30,33-37,39-45,63-64,66-67,69-71H,5-15,22-26H2,1-4H3,(H7,54,55,56,57,58,59,65,68,72,73,74,75,78)/p+1/t28?,29-,30+,33+,34-,35?,36-,37+,39-,40?,41?,42-,43?,44-,45+/m0/s1. The molecule has 0 radical (unpaired) electrons. The van der Waals surface area contributed by atoms with Gasteiger partial charge in [0.05, 0.1) is 24.9 Å². The number of nitrogens with one attached hydrogen (secondary N) is 7. The van der Waals surface area contributed by atoms with Crippen LogP contribution in [-0.2, 0) is 33.6 Å². The third kappa shape index (κ3) is 16.9. The summed E-state index contributed by atoms with van der Waals surface area (Å²) in [6.45, 7) is 5.05. The highest BCUT2D eigenvalue weighted by atomic mass is 16.3. The van der Waals surface area contributed by atoms with Crippen LogP contribution in [-0.4, -0.2) is 189 Å². The summed E-state index contributed by atoms with van der Waals surface area (Å²) in [5.74, 6) is -8.05. The van der Waals surface area contributed by atoms with Crippen molar-refractivity contribution in [2.24, 2.45) is 11.8 Å². The Balaban J connectivity index is 1.48. The van der Waals surface area contributed by atoms with Gasteiger partial charge in [0.25, 0.3) is 5.91 Å². The molecule has 4 heterocycles. The first kappa shape index (κ1) is 62.6. The topological polar surface area (TPSA) is 397 Å². The lowest BCUT2D eigenvalue weighted by Crippen LogP contribution is -2.63. The largest absolute Gasteiger partial charge is 0.508 e. The van der Waals surface area contributed by atoms with Crippen molar-refractivity contribution >= 4 is 47.4 Å². The van der Waals surface area contributed by atoms with Crippen molar-refractivity contribution in [3.05, 3.63) is 48.5 Å². The maximum absolute atomic E-state index is 14.5. The lowest BCUT2D eigenvalue weighted by Gasteiger charge is -2.32. The van der Waals surface area contributed by atoms with Gasteiger partial charge in [-0.25, -0.2) is 9.36 Å². The van der Waals surface area contributed by atoms with E-state index in [2.05, 4.69) is 45.4 Å². The minimum Gasteiger partial charge on any atom is -0.508 e. The van der Waals surface area contributed by atoms with Crippen LogP contribution in [0.1, 0.15) is 129 Å². The summed E-state index contributed by atoms with van der Waals surface area (Å²) in [6.07, 6.45) is 0.535. The number of aromatic hydroxyl groups is 1. The molecule has 15 atom stereocenters. The summed E-state index contributed by atoms with van der Waals surface area (Å²) in [6, 6.07) is -8.07. The van der Waals surface area contributed by atoms with E-state index < -0.39 is 158 Å². The van der Waals surface area contributed by atoms with Crippen molar-refractivity contribution in [1.29, 1.82) is 0 Å². The number of aliphatic hydroxyl groups excluding tert-OH is 7. The number of unbranched alkanes of at least 4 members (excludes halogenated alkanes) is 7. The Labute approximate surface area is 452 Å². The average Bonchev–Trinajstić information content (AvgIpc) is 4.16. The highest BCUT2D eigenvalue weighted by Gasteiger charge is 2.50. The smallest absolute Gasteiger partial charge is 0.322 e. The number of rotatable bonds is 19. The van der Waals surface area contributed by atoms with Crippen LogP contribution in [0.5, 0.6) is 5.75 Å². The number of imide groups is 1. The van der Waals surface area contributed by atoms with Crippen LogP contribution < -0.4 is 36.5 Å². The molecule has 0 spiro atoms. The van der Waals surface area contributed by atoms with Crippen molar-refractivity contribution in [2.45, 2.75) is 190 Å². The Kier molecular flexibility index (Phi) is 23.8. The molecule has 15 N–H and O–H groups in total. The second-order valence-electron chi connectivity index (χ2n) is 21.1. The number of aliphatic hydroxyl groups is 7. The summed E-state index contributed by atoms with van der Waals surface area (Å²) in [5.41, 5.74) is -0.0813. The number of fused-ring (bicyclic) bond motifs is 2. The van der Waals surface area contributed by atoms with E-state index in [9.17, 15) is 79.2 Å². The molecule has 1 aromatic carbocycles. The van der Waals surface area contributed by atoms with Gasteiger partial charge in [-0.15, -0.1) is 0 Å². The molecule has 5 unspecified atom stereocenters. The van der Waals surface area contributed by atoms with E-state index >= 15 is 0 Å². The van der Waals surface area contributed by atoms with Crippen LogP contribution in [0, 0.1) is 11.8 Å². The van der Waals surface area contributed by atoms with Crippen molar-refractivity contribution in [2.75, 3.05) is 19.7 Å². The van der Waals surface area contributed by atoms with E-state index in [0.717, 1.165) is 67.4 Å². The first-order chi connectivity index (χ1) is 37.1. The number of aromatic amines is 1. The van der Waals surface area contributed by atoms with Crippen LogP contribution in [0.25, 0.3) is 0 Å². The number of hydrogen-bond donors (Lipinski definition) is 15. The summed E-state index contributed by atoms with van der Waals surface area (Å²) in [5, 5.41) is 102. The number of imidazole rings is 1. The molecule has 434 valence electrons. The number of benzene rings is 1. The number of amides is 9. The number of aromatic nitrogens is 2. The Morgan fingerprint density at radius 2 is 1.42 bits per heavy atom. The SMILES string of the molecule is CCC(C)CCCCCCCCCCC(=O)N[C@H]1C[C@@H](O)[C@@H]([n+]2cc[nH]c2)NC(=O)C2[C@@H](O)[C@@H](C)CN2C(=O)C(CO)NC(=O)C([C@H](O)C(O)c2ccc(O)cc2)NC(=O)NC(=O)[C@@H]2C[C@@H](O)CN2C(=O)[C@H]([C@@H](C)O)NC1=O. The van der Waals surface area contributed by atoms with Gasteiger partial charge in [-0.1, -0.05) is 90.7 Å². The quantitative estimate of drug-likeness (QED) is 0.0516. The number of H-pyrrole nitrogens is 1. The molecule has 5 rings (SSSR count). The third-order valence-electron chi connectivity index (χ3n) is 14.9. The van der Waals surface area contributed by atoms with Crippen LogP contribution in [0.4, 0.5) is 4.79 Å². The average molecular weight is 1100 g/mol. The lowest BCUT2D eigenvalue weighted by molar-refractivity contribution is -0.733. The van der Waals surface area contributed by atoms with Gasteiger partial charge in [-0.05, 0) is 37.0 Å². The van der Waals surface area contributed by atoms with Gasteiger partial charge in [-0.2, -0.15) is 0 Å². The minimum absolute atomic E-state index is 0.0358. The Hall–Kier alpha value is -6.29. The Bertz CT molecular complexity index is 2330. The molecule has 78 heavy (non-hydrogen) atoms. The molecule has 26 nitrogen and oxygen atoms in total. The van der Waals surface area contributed by atoms with Gasteiger partial charge in [0.15, 0.2) is 0 Å². The van der Waals surface area contributed by atoms with E-state index in [1.165, 1.54) is 55.2 Å². The number of hydrogen-bond acceptors (Lipinski definition) is 16. The number of urea groups is 1. The van der Waals surface area contributed by atoms with Crippen LogP contribution in [0.3, 0.4) is 0 Å². The highest BCUT2D eigenvalue weighted by Crippen LogP contribution is 2.27. The first-order valence-electron chi connectivity index (χ1n) is 27.0. The molecule has 3 saturated heterocycles. The number of carbonyl (C=O) groups excluding carboxylic acids is 8. The number of phenols is 1. The summed E-state index contributed by atoms with van der Waals surface area (Å²) < 4.78 is 1.29. The fourth-order valence-corrected chi connectivity index (χ4v) is 10.0. The third-order valence-corrected chi connectivity index (χ3v) is 14.9. The number of nitrogens with zero attached hydrogens (tertiary/aromatic N) is 3. The Morgan fingerprint density at radius 3 is 2.04 bits per heavy atom. The number of phenolic OH excluding ortho intramolecular Hbond substituents is 1. The van der Waals surface area contributed by atoms with Gasteiger partial charge in [0, 0.05) is 38.3 Å². The van der Waals surface area contributed by atoms with E-state index in [1.54, 1.807) is 0 Å². The lowest BCUT2D eigenvalue weighted by atomic mass is 9.97. The normalized spacial score (nSPS) is 28.8. The predicted molar refractivity (Wildman–Crippen MR) is 275 cm³/mol. The van der Waals surface area contributed by atoms with E-state index in [-0.39, 0.29) is 24.3 Å². The fraction of sp³-hybridized carbons (Fsp3) is 0.673. The monoisotopic (exact) mass is 1100 g/mol. The van der Waals surface area contributed by atoms with Gasteiger partial charge in [0.1, 0.15) is 72.7 Å². The van der Waals surface area contributed by atoms with Gasteiger partial charge >= 0.3 is 6.03 Å². The molecule has 0 bridgehead atoms. The van der Waals surface area contributed by atoms with Crippen LogP contribution in [0.15, 0.2) is 43.0 Å². The maximum Gasteiger partial charge on any atom is 0.322 e. The Morgan fingerprint density at radius 1 is 0.769 bits per heavy atom. The van der Waals surface area contributed by atoms with Gasteiger partial charge in [0.2, 0.25) is 47.9 Å². The van der Waals surface area contributed by atoms with E-state index in [1.807, 2.05) is 5.32 Å². The van der Waals surface area contributed by atoms with Gasteiger partial charge < -0.3 is 77.2 Å². The molecule has 1 aromatic heterocycles. The van der Waals surface area contributed by atoms with Crippen molar-refractivity contribution in [1.82, 2.24) is 46.7 Å². The molecule has 0 aliphatic carbocycles. The zero-order valence-electron chi connectivity index (χ0n) is 44.7. The molecule has 26 heteroatoms. The fourth-order valence-electron chi connectivity index (χ4n) is 10.0. The second kappa shape index (κ2) is 29.6. The minimum atomic E-state index is -2.30. The summed E-state index contributed by atoms with van der Waals surface area (Å²) in [7, 11) is 0. The van der Waals surface area contributed by atoms with Crippen molar-refractivity contribution in [3.63, 3.8) is 0 Å². The van der Waals surface area contributed by atoms with E-state index in [0.29, 0.717) is 18.8 Å². The predicted octanol–water partition coefficient (Wildman–Crippen LogP) is -2.38. The molecule has 2 aromatic rings. The highest BCUT2D eigenvalue weighted by molar-refractivity contribution is 6.02. The second-order valence-corrected chi connectivity index (χ2v) is 21.1.